The zero-order valence-electron chi connectivity index (χ0n) is 10.2. The van der Waals surface area contributed by atoms with E-state index >= 15 is 0 Å². The Kier molecular flexibility index (Phi) is 8.49. The number of ether oxygens (including phenoxy) is 4. The topological polar surface area (TPSA) is 54.0 Å². The molecule has 0 amide bonds. The van der Waals surface area contributed by atoms with Gasteiger partial charge >= 0.3 is 6.47 Å². The van der Waals surface area contributed by atoms with Crippen molar-refractivity contribution in [1.29, 1.82) is 0 Å². The Balaban J connectivity index is 1.83. The van der Waals surface area contributed by atoms with Crippen LogP contribution in [0.25, 0.3) is 0 Å². The lowest BCUT2D eigenvalue weighted by atomic mass is 10.3. The largest absolute Gasteiger partial charge is 0.491 e. The van der Waals surface area contributed by atoms with Gasteiger partial charge in [-0.25, -0.2) is 4.79 Å². The molecule has 0 spiro atoms. The van der Waals surface area contributed by atoms with Gasteiger partial charge in [-0.2, -0.15) is 0 Å². The highest BCUT2D eigenvalue weighted by Crippen LogP contribution is 2.07. The molecule has 1 radical (unpaired) electrons. The molecule has 0 saturated carbocycles. The molecule has 18 heavy (non-hydrogen) atoms. The molecule has 0 fully saturated rings. The molecule has 5 nitrogen and oxygen atoms in total. The SMILES string of the molecule is O=[C]OCCOCCOCCOc1ccccc1. The van der Waals surface area contributed by atoms with Crippen molar-refractivity contribution in [2.45, 2.75) is 0 Å². The van der Waals surface area contributed by atoms with Crippen molar-refractivity contribution in [3.8, 4) is 5.75 Å². The maximum Gasteiger partial charge on any atom is 0.417 e. The monoisotopic (exact) mass is 253 g/mol. The predicted octanol–water partition coefficient (Wildman–Crippen LogP) is 1.18. The van der Waals surface area contributed by atoms with E-state index in [1.165, 1.54) is 6.47 Å². The van der Waals surface area contributed by atoms with E-state index in [4.69, 9.17) is 14.2 Å². The molecule has 0 atom stereocenters. The fourth-order valence-electron chi connectivity index (χ4n) is 1.20. The molecular weight excluding hydrogens is 236 g/mol. The highest BCUT2D eigenvalue weighted by Gasteiger charge is 1.93. The first-order valence-electron chi connectivity index (χ1n) is 5.76. The molecule has 0 aromatic heterocycles. The molecule has 0 aliphatic carbocycles. The first kappa shape index (κ1) is 14.5. The third-order valence-corrected chi connectivity index (χ3v) is 2.00. The average molecular weight is 253 g/mol. The van der Waals surface area contributed by atoms with Crippen molar-refractivity contribution in [2.24, 2.45) is 0 Å². The second kappa shape index (κ2) is 10.6. The highest BCUT2D eigenvalue weighted by molar-refractivity contribution is 5.38. The summed E-state index contributed by atoms with van der Waals surface area (Å²) in [4.78, 5) is 9.69. The molecule has 0 bridgehead atoms. The van der Waals surface area contributed by atoms with Gasteiger partial charge < -0.3 is 18.9 Å². The molecule has 5 heteroatoms. The first-order valence-corrected chi connectivity index (χ1v) is 5.76. The number of hydrogen-bond donors (Lipinski definition) is 0. The van der Waals surface area contributed by atoms with E-state index in [9.17, 15) is 4.79 Å². The van der Waals surface area contributed by atoms with Gasteiger partial charge in [0, 0.05) is 0 Å². The maximum absolute atomic E-state index is 9.69. The van der Waals surface area contributed by atoms with Crippen LogP contribution in [-0.4, -0.2) is 46.1 Å². The second-order valence-electron chi connectivity index (χ2n) is 3.32. The van der Waals surface area contributed by atoms with E-state index in [2.05, 4.69) is 4.74 Å². The minimum atomic E-state index is 0.223. The van der Waals surface area contributed by atoms with Gasteiger partial charge in [-0.15, -0.1) is 0 Å². The molecule has 0 N–H and O–H groups in total. The molecule has 1 rings (SSSR count). The Morgan fingerprint density at radius 3 is 2.11 bits per heavy atom. The Bertz CT molecular complexity index is 302. The van der Waals surface area contributed by atoms with E-state index in [-0.39, 0.29) is 6.61 Å². The van der Waals surface area contributed by atoms with Crippen molar-refractivity contribution in [2.75, 3.05) is 39.6 Å². The quantitative estimate of drug-likeness (QED) is 0.554. The molecule has 1 aromatic carbocycles. The average Bonchev–Trinajstić information content (AvgIpc) is 2.42. The molecule has 0 heterocycles. The standard InChI is InChI=1S/C13H17O5/c14-12-17-9-8-15-6-7-16-10-11-18-13-4-2-1-3-5-13/h1-5H,6-11H2. The third kappa shape index (κ3) is 7.65. The summed E-state index contributed by atoms with van der Waals surface area (Å²) < 4.78 is 20.2. The summed E-state index contributed by atoms with van der Waals surface area (Å²) >= 11 is 0. The molecule has 0 saturated heterocycles. The minimum absolute atomic E-state index is 0.223. The van der Waals surface area contributed by atoms with E-state index in [1.807, 2.05) is 30.3 Å². The number of para-hydroxylation sites is 1. The van der Waals surface area contributed by atoms with Crippen LogP contribution < -0.4 is 4.74 Å². The number of benzene rings is 1. The Labute approximate surface area is 107 Å². The fourth-order valence-corrected chi connectivity index (χ4v) is 1.20. The number of rotatable bonds is 11. The predicted molar refractivity (Wildman–Crippen MR) is 65.2 cm³/mol. The van der Waals surface area contributed by atoms with E-state index in [1.54, 1.807) is 0 Å². The van der Waals surface area contributed by atoms with Crippen molar-refractivity contribution >= 4 is 6.47 Å². The number of hydrogen-bond acceptors (Lipinski definition) is 5. The van der Waals surface area contributed by atoms with Crippen molar-refractivity contribution in [1.82, 2.24) is 0 Å². The molecule has 0 unspecified atom stereocenters. The first-order chi connectivity index (χ1) is 8.93. The van der Waals surface area contributed by atoms with Crippen LogP contribution in [0.15, 0.2) is 30.3 Å². The summed E-state index contributed by atoms with van der Waals surface area (Å²) in [5, 5.41) is 0. The van der Waals surface area contributed by atoms with Crippen LogP contribution in [0.2, 0.25) is 0 Å². The van der Waals surface area contributed by atoms with E-state index in [0.29, 0.717) is 33.0 Å². The maximum atomic E-state index is 9.69. The lowest BCUT2D eigenvalue weighted by Gasteiger charge is -2.07. The van der Waals surface area contributed by atoms with Crippen LogP contribution in [0.1, 0.15) is 0 Å². The molecule has 99 valence electrons. The van der Waals surface area contributed by atoms with Gasteiger partial charge in [-0.3, -0.25) is 0 Å². The van der Waals surface area contributed by atoms with Crippen molar-refractivity contribution in [3.05, 3.63) is 30.3 Å². The van der Waals surface area contributed by atoms with Gasteiger partial charge in [0.05, 0.1) is 26.4 Å². The lowest BCUT2D eigenvalue weighted by molar-refractivity contribution is 0.0258. The van der Waals surface area contributed by atoms with Crippen LogP contribution in [0, 0.1) is 0 Å². The molecule has 1 aromatic rings. The van der Waals surface area contributed by atoms with Crippen LogP contribution in [0.3, 0.4) is 0 Å². The van der Waals surface area contributed by atoms with Crippen LogP contribution in [0.5, 0.6) is 5.75 Å². The normalized spacial score (nSPS) is 10.0. The molecular formula is C13H17O5. The molecule has 0 aliphatic rings. The zero-order valence-corrected chi connectivity index (χ0v) is 10.2. The Morgan fingerprint density at radius 2 is 1.44 bits per heavy atom. The van der Waals surface area contributed by atoms with Gasteiger partial charge in [0.25, 0.3) is 0 Å². The summed E-state index contributed by atoms with van der Waals surface area (Å²) in [6.07, 6.45) is 0. The van der Waals surface area contributed by atoms with Crippen molar-refractivity contribution in [3.63, 3.8) is 0 Å². The van der Waals surface area contributed by atoms with Crippen molar-refractivity contribution < 1.29 is 23.7 Å². The van der Waals surface area contributed by atoms with E-state index in [0.717, 1.165) is 5.75 Å². The second-order valence-corrected chi connectivity index (χ2v) is 3.32. The lowest BCUT2D eigenvalue weighted by Crippen LogP contribution is -2.12. The van der Waals surface area contributed by atoms with Gasteiger partial charge in [0.15, 0.2) is 0 Å². The van der Waals surface area contributed by atoms with Crippen LogP contribution in [-0.2, 0) is 19.0 Å². The summed E-state index contributed by atoms with van der Waals surface area (Å²) in [6.45, 7) is 3.88. The Hall–Kier alpha value is -1.59. The fraction of sp³-hybridized carbons (Fsp3) is 0.462. The van der Waals surface area contributed by atoms with Gasteiger partial charge in [-0.05, 0) is 12.1 Å². The van der Waals surface area contributed by atoms with Crippen LogP contribution >= 0.6 is 0 Å². The van der Waals surface area contributed by atoms with E-state index < -0.39 is 0 Å². The summed E-state index contributed by atoms with van der Waals surface area (Å²) in [7, 11) is 0. The summed E-state index contributed by atoms with van der Waals surface area (Å²) in [6, 6.07) is 9.57. The number of carbonyl (C=O) groups excluding carboxylic acids is 1. The Morgan fingerprint density at radius 1 is 0.833 bits per heavy atom. The van der Waals surface area contributed by atoms with Gasteiger partial charge in [0.2, 0.25) is 0 Å². The smallest absolute Gasteiger partial charge is 0.417 e. The molecule has 0 aliphatic heterocycles. The summed E-state index contributed by atoms with van der Waals surface area (Å²) in [5.74, 6) is 0.833. The zero-order chi connectivity index (χ0) is 12.9. The van der Waals surface area contributed by atoms with Crippen LogP contribution in [0.4, 0.5) is 0 Å². The minimum Gasteiger partial charge on any atom is -0.491 e. The van der Waals surface area contributed by atoms with Gasteiger partial charge in [-0.1, -0.05) is 18.2 Å². The summed E-state index contributed by atoms with van der Waals surface area (Å²) in [5.41, 5.74) is 0. The highest BCUT2D eigenvalue weighted by atomic mass is 16.6. The third-order valence-electron chi connectivity index (χ3n) is 2.00. The van der Waals surface area contributed by atoms with Gasteiger partial charge in [0.1, 0.15) is 19.0 Å².